The molecule has 8 heteroatoms. The maximum absolute atomic E-state index is 12.8. The summed E-state index contributed by atoms with van der Waals surface area (Å²) in [6, 6.07) is 5.23. The maximum Gasteiger partial charge on any atom is 0.254 e. The second-order valence-corrected chi connectivity index (χ2v) is 6.34. The van der Waals surface area contributed by atoms with E-state index in [1.54, 1.807) is 49.3 Å². The van der Waals surface area contributed by atoms with E-state index in [0.29, 0.717) is 24.6 Å². The number of carbonyl (C=O) groups excluding carboxylic acids is 1. The maximum atomic E-state index is 12.8. The molecule has 4 rings (SSSR count). The first-order valence-electron chi connectivity index (χ1n) is 8.41. The Balaban J connectivity index is 1.59. The van der Waals surface area contributed by atoms with Crippen LogP contribution < -0.4 is 5.32 Å². The number of likely N-dealkylation sites (tertiary alicyclic amines) is 1. The smallest absolute Gasteiger partial charge is 0.254 e. The summed E-state index contributed by atoms with van der Waals surface area (Å²) < 4.78 is 1.92. The van der Waals surface area contributed by atoms with E-state index in [1.165, 1.54) is 0 Å². The third-order valence-electron chi connectivity index (χ3n) is 4.52. The normalized spacial score (nSPS) is 19.5. The number of aryl methyl sites for hydroxylation is 1. The van der Waals surface area contributed by atoms with Gasteiger partial charge in [-0.1, -0.05) is 0 Å². The van der Waals surface area contributed by atoms with Crippen molar-refractivity contribution in [3.8, 4) is 0 Å². The number of amides is 1. The van der Waals surface area contributed by atoms with Crippen LogP contribution in [-0.4, -0.2) is 54.4 Å². The molecule has 0 spiro atoms. The number of hydrogen-bond donors (Lipinski definition) is 1. The van der Waals surface area contributed by atoms with Gasteiger partial charge in [0.15, 0.2) is 0 Å². The molecule has 2 atom stereocenters. The van der Waals surface area contributed by atoms with Crippen molar-refractivity contribution in [3.05, 3.63) is 66.8 Å². The fourth-order valence-electron chi connectivity index (χ4n) is 3.26. The second-order valence-electron chi connectivity index (χ2n) is 6.34. The summed E-state index contributed by atoms with van der Waals surface area (Å²) in [5, 5.41) is 3.36. The van der Waals surface area contributed by atoms with Gasteiger partial charge in [0.1, 0.15) is 0 Å². The predicted octanol–water partition coefficient (Wildman–Crippen LogP) is 1.33. The van der Waals surface area contributed by atoms with Gasteiger partial charge in [0, 0.05) is 62.6 Å². The van der Waals surface area contributed by atoms with Crippen LogP contribution in [0, 0.1) is 0 Å². The lowest BCUT2D eigenvalue weighted by atomic mass is 10.0. The Morgan fingerprint density at radius 2 is 1.88 bits per heavy atom. The third-order valence-corrected chi connectivity index (χ3v) is 4.52. The first-order chi connectivity index (χ1) is 12.7. The van der Waals surface area contributed by atoms with Gasteiger partial charge in [-0.3, -0.25) is 9.78 Å². The number of nitrogens with one attached hydrogen (secondary N) is 1. The standard InChI is InChI=1S/C18H19N7O/c1-24-10-15(22-12-24)14-9-25(17(26)13-3-7-19-8-4-13)11-16(14)23-18-20-5-2-6-21-18/h2-8,10,12,14,16H,9,11H2,1H3,(H,20,21,23)/t14-,16+/m0/s1. The molecule has 1 amide bonds. The van der Waals surface area contributed by atoms with Crippen molar-refractivity contribution in [3.63, 3.8) is 0 Å². The number of anilines is 1. The molecule has 0 bridgehead atoms. The predicted molar refractivity (Wildman–Crippen MR) is 95.5 cm³/mol. The highest BCUT2D eigenvalue weighted by molar-refractivity contribution is 5.94. The Bertz CT molecular complexity index is 881. The molecule has 0 radical (unpaired) electrons. The lowest BCUT2D eigenvalue weighted by Gasteiger charge is -2.18. The van der Waals surface area contributed by atoms with Crippen LogP contribution in [0.5, 0.6) is 0 Å². The van der Waals surface area contributed by atoms with Gasteiger partial charge in [-0.15, -0.1) is 0 Å². The highest BCUT2D eigenvalue weighted by atomic mass is 16.2. The fourth-order valence-corrected chi connectivity index (χ4v) is 3.26. The SMILES string of the molecule is Cn1cnc([C@@H]2CN(C(=O)c3ccncc3)C[C@H]2Nc2ncccn2)c1. The summed E-state index contributed by atoms with van der Waals surface area (Å²) in [5.74, 6) is 0.606. The zero-order valence-electron chi connectivity index (χ0n) is 14.4. The number of rotatable bonds is 4. The van der Waals surface area contributed by atoms with Crippen LogP contribution in [0.15, 0.2) is 55.5 Å². The summed E-state index contributed by atoms with van der Waals surface area (Å²) in [4.78, 5) is 31.6. The number of carbonyl (C=O) groups is 1. The van der Waals surface area contributed by atoms with E-state index >= 15 is 0 Å². The van der Waals surface area contributed by atoms with Gasteiger partial charge in [-0.05, 0) is 18.2 Å². The number of nitrogens with zero attached hydrogens (tertiary/aromatic N) is 6. The van der Waals surface area contributed by atoms with Crippen LogP contribution in [0.3, 0.4) is 0 Å². The van der Waals surface area contributed by atoms with E-state index in [-0.39, 0.29) is 17.9 Å². The highest BCUT2D eigenvalue weighted by Gasteiger charge is 2.38. The van der Waals surface area contributed by atoms with Crippen molar-refractivity contribution in [2.75, 3.05) is 18.4 Å². The Labute approximate surface area is 150 Å². The van der Waals surface area contributed by atoms with Crippen molar-refractivity contribution in [1.29, 1.82) is 0 Å². The van der Waals surface area contributed by atoms with Crippen LogP contribution in [0.25, 0.3) is 0 Å². The molecule has 0 aliphatic carbocycles. The van der Waals surface area contributed by atoms with E-state index in [9.17, 15) is 4.79 Å². The lowest BCUT2D eigenvalue weighted by Crippen LogP contribution is -2.32. The van der Waals surface area contributed by atoms with E-state index in [4.69, 9.17) is 0 Å². The Kier molecular flexibility index (Phi) is 4.30. The van der Waals surface area contributed by atoms with Gasteiger partial charge in [0.05, 0.1) is 18.1 Å². The number of pyridine rings is 1. The molecule has 0 saturated carbocycles. The van der Waals surface area contributed by atoms with Gasteiger partial charge >= 0.3 is 0 Å². The van der Waals surface area contributed by atoms with Crippen molar-refractivity contribution >= 4 is 11.9 Å². The average Bonchev–Trinajstić information content (AvgIpc) is 3.29. The van der Waals surface area contributed by atoms with Crippen LogP contribution in [0.4, 0.5) is 5.95 Å². The summed E-state index contributed by atoms with van der Waals surface area (Å²) in [6.07, 6.45) is 10.4. The molecular formula is C18H19N7O. The summed E-state index contributed by atoms with van der Waals surface area (Å²) in [6.45, 7) is 1.14. The van der Waals surface area contributed by atoms with E-state index < -0.39 is 0 Å². The Morgan fingerprint density at radius 3 is 2.58 bits per heavy atom. The molecule has 0 aromatic carbocycles. The summed E-state index contributed by atoms with van der Waals surface area (Å²) in [5.41, 5.74) is 1.59. The molecule has 3 aromatic heterocycles. The quantitative estimate of drug-likeness (QED) is 0.764. The minimum absolute atomic E-state index is 0.00777. The molecule has 0 unspecified atom stereocenters. The minimum atomic E-state index is -0.0157. The molecule has 1 fully saturated rings. The Hall–Kier alpha value is -3.29. The van der Waals surface area contributed by atoms with Crippen molar-refractivity contribution < 1.29 is 4.79 Å². The van der Waals surface area contributed by atoms with E-state index in [1.807, 2.05) is 22.7 Å². The summed E-state index contributed by atoms with van der Waals surface area (Å²) >= 11 is 0. The topological polar surface area (TPSA) is 88.8 Å². The molecule has 1 saturated heterocycles. The first-order valence-corrected chi connectivity index (χ1v) is 8.41. The Morgan fingerprint density at radius 1 is 1.12 bits per heavy atom. The van der Waals surface area contributed by atoms with Crippen LogP contribution in [0.2, 0.25) is 0 Å². The zero-order chi connectivity index (χ0) is 17.9. The van der Waals surface area contributed by atoms with E-state index in [0.717, 1.165) is 5.69 Å². The number of aromatic nitrogens is 5. The van der Waals surface area contributed by atoms with Crippen molar-refractivity contribution in [2.24, 2.45) is 7.05 Å². The molecule has 26 heavy (non-hydrogen) atoms. The zero-order valence-corrected chi connectivity index (χ0v) is 14.4. The van der Waals surface area contributed by atoms with Crippen molar-refractivity contribution in [2.45, 2.75) is 12.0 Å². The van der Waals surface area contributed by atoms with E-state index in [2.05, 4.69) is 25.3 Å². The monoisotopic (exact) mass is 349 g/mol. The first kappa shape index (κ1) is 16.2. The molecule has 1 N–H and O–H groups in total. The second kappa shape index (κ2) is 6.91. The molecule has 1 aliphatic heterocycles. The van der Waals surface area contributed by atoms with Gasteiger partial charge in [0.2, 0.25) is 5.95 Å². The average molecular weight is 349 g/mol. The van der Waals surface area contributed by atoms with Gasteiger partial charge in [-0.2, -0.15) is 0 Å². The molecule has 4 heterocycles. The largest absolute Gasteiger partial charge is 0.349 e. The molecule has 1 aliphatic rings. The number of imidazole rings is 1. The molecule has 3 aromatic rings. The van der Waals surface area contributed by atoms with Crippen LogP contribution in [-0.2, 0) is 7.05 Å². The van der Waals surface area contributed by atoms with Crippen molar-refractivity contribution in [1.82, 2.24) is 29.4 Å². The molecular weight excluding hydrogens is 330 g/mol. The molecule has 8 nitrogen and oxygen atoms in total. The van der Waals surface area contributed by atoms with Gasteiger partial charge in [0.25, 0.3) is 5.91 Å². The van der Waals surface area contributed by atoms with Crippen LogP contribution in [0.1, 0.15) is 22.0 Å². The number of hydrogen-bond acceptors (Lipinski definition) is 6. The van der Waals surface area contributed by atoms with Gasteiger partial charge in [-0.25, -0.2) is 15.0 Å². The summed E-state index contributed by atoms with van der Waals surface area (Å²) in [7, 11) is 1.94. The molecule has 132 valence electrons. The fraction of sp³-hybridized carbons (Fsp3) is 0.278. The lowest BCUT2D eigenvalue weighted by molar-refractivity contribution is 0.0789. The van der Waals surface area contributed by atoms with Gasteiger partial charge < -0.3 is 14.8 Å². The highest BCUT2D eigenvalue weighted by Crippen LogP contribution is 2.29. The minimum Gasteiger partial charge on any atom is -0.349 e. The van der Waals surface area contributed by atoms with Crippen LogP contribution >= 0.6 is 0 Å². The third kappa shape index (κ3) is 3.26.